The summed E-state index contributed by atoms with van der Waals surface area (Å²) in [6, 6.07) is 0.442. The molecule has 0 rings (SSSR count). The molecule has 0 amide bonds. The lowest BCUT2D eigenvalue weighted by molar-refractivity contribution is -0.152. The molecule has 0 aliphatic rings. The van der Waals surface area contributed by atoms with Crippen molar-refractivity contribution in [1.29, 1.82) is 0 Å². The highest BCUT2D eigenvalue weighted by molar-refractivity contribution is 5.73. The van der Waals surface area contributed by atoms with Crippen LogP contribution >= 0.6 is 0 Å². The number of esters is 1. The van der Waals surface area contributed by atoms with Crippen molar-refractivity contribution in [1.82, 2.24) is 5.32 Å². The number of hydrogen-bond donors (Lipinski definition) is 1. The lowest BCUT2D eigenvalue weighted by atomic mass is 10.4. The van der Waals surface area contributed by atoms with Crippen LogP contribution in [0.1, 0.15) is 20.8 Å². The quantitative estimate of drug-likeness (QED) is 0.490. The van der Waals surface area contributed by atoms with E-state index in [-0.39, 0.29) is 5.97 Å². The van der Waals surface area contributed by atoms with E-state index in [2.05, 4.69) is 23.9 Å². The van der Waals surface area contributed by atoms with Crippen LogP contribution in [0.5, 0.6) is 0 Å². The third-order valence-electron chi connectivity index (χ3n) is 1.56. The third kappa shape index (κ3) is 6.54. The number of rotatable bonds is 6. The Bertz CT molecular complexity index is 148. The predicted octanol–water partition coefficient (Wildman–Crippen LogP) is 0.562. The summed E-state index contributed by atoms with van der Waals surface area (Å²) in [5, 5.41) is 3.18. The molecule has 4 heteroatoms. The van der Waals surface area contributed by atoms with Gasteiger partial charge in [-0.25, -0.2) is 4.79 Å². The van der Waals surface area contributed by atoms with Crippen LogP contribution < -0.4 is 5.32 Å². The molecule has 0 saturated carbocycles. The number of nitrogens with one attached hydrogen (secondary N) is 1. The van der Waals surface area contributed by atoms with Crippen LogP contribution in [-0.4, -0.2) is 38.4 Å². The molecule has 1 N–H and O–H groups in total. The first-order valence-electron chi connectivity index (χ1n) is 4.50. The van der Waals surface area contributed by atoms with Gasteiger partial charge < -0.3 is 14.8 Å². The van der Waals surface area contributed by atoms with Crippen LogP contribution in [0.2, 0.25) is 0 Å². The number of carbonyl (C=O) groups is 1. The van der Waals surface area contributed by atoms with E-state index in [4.69, 9.17) is 4.74 Å². The summed E-state index contributed by atoms with van der Waals surface area (Å²) in [7, 11) is 1.36. The van der Waals surface area contributed by atoms with Crippen LogP contribution in [0.3, 0.4) is 0 Å². The van der Waals surface area contributed by atoms with Crippen molar-refractivity contribution in [3.05, 3.63) is 0 Å². The fourth-order valence-corrected chi connectivity index (χ4v) is 0.817. The molecule has 4 nitrogen and oxygen atoms in total. The third-order valence-corrected chi connectivity index (χ3v) is 1.56. The highest BCUT2D eigenvalue weighted by atomic mass is 16.6. The van der Waals surface area contributed by atoms with E-state index in [1.807, 2.05) is 0 Å². The van der Waals surface area contributed by atoms with E-state index in [0.29, 0.717) is 12.6 Å². The molecule has 0 spiro atoms. The minimum absolute atomic E-state index is 0.329. The van der Waals surface area contributed by atoms with Crippen molar-refractivity contribution >= 4 is 5.97 Å². The zero-order valence-corrected chi connectivity index (χ0v) is 8.79. The van der Waals surface area contributed by atoms with E-state index in [9.17, 15) is 4.79 Å². The summed E-state index contributed by atoms with van der Waals surface area (Å²) in [6.45, 7) is 7.07. The number of carbonyl (C=O) groups excluding carboxylic acids is 1. The topological polar surface area (TPSA) is 47.6 Å². The lowest BCUT2D eigenvalue weighted by Crippen LogP contribution is -2.30. The lowest BCUT2D eigenvalue weighted by Gasteiger charge is -2.12. The Labute approximate surface area is 79.6 Å². The molecule has 78 valence electrons. The van der Waals surface area contributed by atoms with Gasteiger partial charge in [0.1, 0.15) is 0 Å². The van der Waals surface area contributed by atoms with Crippen molar-refractivity contribution in [2.24, 2.45) is 0 Å². The molecule has 0 aliphatic heterocycles. The molecule has 1 unspecified atom stereocenters. The minimum Gasteiger partial charge on any atom is -0.467 e. The second-order valence-corrected chi connectivity index (χ2v) is 3.15. The summed E-state index contributed by atoms with van der Waals surface area (Å²) in [5.74, 6) is -0.329. The molecule has 1 atom stereocenters. The zero-order chi connectivity index (χ0) is 10.3. The van der Waals surface area contributed by atoms with Gasteiger partial charge in [-0.3, -0.25) is 0 Å². The summed E-state index contributed by atoms with van der Waals surface area (Å²) in [5.41, 5.74) is 0. The minimum atomic E-state index is -0.473. The van der Waals surface area contributed by atoms with E-state index < -0.39 is 6.10 Å². The Hall–Kier alpha value is -0.610. The van der Waals surface area contributed by atoms with Gasteiger partial charge in [0.2, 0.25) is 0 Å². The predicted molar refractivity (Wildman–Crippen MR) is 50.6 cm³/mol. The Kier molecular flexibility index (Phi) is 6.54. The van der Waals surface area contributed by atoms with Crippen molar-refractivity contribution in [2.75, 3.05) is 20.3 Å². The molecule has 0 aromatic rings. The molecule has 0 aromatic heterocycles. The normalized spacial score (nSPS) is 13.0. The standard InChI is InChI=1S/C9H19NO3/c1-7(2)10-5-6-13-8(3)9(11)12-4/h7-8,10H,5-6H2,1-4H3. The molecular formula is C9H19NO3. The van der Waals surface area contributed by atoms with Crippen LogP contribution in [0.4, 0.5) is 0 Å². The fraction of sp³-hybridized carbons (Fsp3) is 0.889. The molecule has 0 radical (unpaired) electrons. The van der Waals surface area contributed by atoms with Crippen molar-refractivity contribution in [3.8, 4) is 0 Å². The van der Waals surface area contributed by atoms with Crippen LogP contribution in [-0.2, 0) is 14.3 Å². The average Bonchev–Trinajstić information content (AvgIpc) is 2.10. The van der Waals surface area contributed by atoms with E-state index in [0.717, 1.165) is 6.54 Å². The Balaban J connectivity index is 3.37. The smallest absolute Gasteiger partial charge is 0.334 e. The number of hydrogen-bond acceptors (Lipinski definition) is 4. The average molecular weight is 189 g/mol. The van der Waals surface area contributed by atoms with Gasteiger partial charge in [-0.2, -0.15) is 0 Å². The first-order valence-corrected chi connectivity index (χ1v) is 4.50. The molecule has 0 fully saturated rings. The van der Waals surface area contributed by atoms with Gasteiger partial charge in [0.05, 0.1) is 13.7 Å². The molecule has 0 saturated heterocycles. The first kappa shape index (κ1) is 12.4. The molecular weight excluding hydrogens is 170 g/mol. The van der Waals surface area contributed by atoms with Crippen LogP contribution in [0.15, 0.2) is 0 Å². The SMILES string of the molecule is COC(=O)C(C)OCCNC(C)C. The maximum absolute atomic E-state index is 10.9. The van der Waals surface area contributed by atoms with E-state index >= 15 is 0 Å². The maximum atomic E-state index is 10.9. The molecule has 0 heterocycles. The largest absolute Gasteiger partial charge is 0.467 e. The monoisotopic (exact) mass is 189 g/mol. The Morgan fingerprint density at radius 2 is 2.00 bits per heavy atom. The molecule has 13 heavy (non-hydrogen) atoms. The first-order chi connectivity index (χ1) is 6.07. The zero-order valence-electron chi connectivity index (χ0n) is 8.79. The molecule has 0 aromatic carbocycles. The van der Waals surface area contributed by atoms with Crippen LogP contribution in [0, 0.1) is 0 Å². The summed E-state index contributed by atoms with van der Waals surface area (Å²) < 4.78 is 9.71. The van der Waals surface area contributed by atoms with Gasteiger partial charge in [-0.05, 0) is 6.92 Å². The number of ether oxygens (including phenoxy) is 2. The van der Waals surface area contributed by atoms with E-state index in [1.54, 1.807) is 6.92 Å². The summed E-state index contributed by atoms with van der Waals surface area (Å²) in [4.78, 5) is 10.9. The highest BCUT2D eigenvalue weighted by Gasteiger charge is 2.12. The second-order valence-electron chi connectivity index (χ2n) is 3.15. The molecule has 0 aliphatic carbocycles. The van der Waals surface area contributed by atoms with Crippen molar-refractivity contribution < 1.29 is 14.3 Å². The Morgan fingerprint density at radius 3 is 2.46 bits per heavy atom. The molecule has 0 bridgehead atoms. The summed E-state index contributed by atoms with van der Waals surface area (Å²) in [6.07, 6.45) is -0.473. The van der Waals surface area contributed by atoms with Gasteiger partial charge >= 0.3 is 5.97 Å². The van der Waals surface area contributed by atoms with Crippen LogP contribution in [0.25, 0.3) is 0 Å². The van der Waals surface area contributed by atoms with Gasteiger partial charge in [0, 0.05) is 12.6 Å². The van der Waals surface area contributed by atoms with Crippen molar-refractivity contribution in [3.63, 3.8) is 0 Å². The van der Waals surface area contributed by atoms with Gasteiger partial charge in [-0.1, -0.05) is 13.8 Å². The van der Waals surface area contributed by atoms with Gasteiger partial charge in [0.25, 0.3) is 0 Å². The fourth-order valence-electron chi connectivity index (χ4n) is 0.817. The van der Waals surface area contributed by atoms with Crippen molar-refractivity contribution in [2.45, 2.75) is 32.9 Å². The Morgan fingerprint density at radius 1 is 1.38 bits per heavy atom. The summed E-state index contributed by atoms with van der Waals surface area (Å²) >= 11 is 0. The second kappa shape index (κ2) is 6.86. The number of methoxy groups -OCH3 is 1. The van der Waals surface area contributed by atoms with Gasteiger partial charge in [-0.15, -0.1) is 0 Å². The van der Waals surface area contributed by atoms with Gasteiger partial charge in [0.15, 0.2) is 6.10 Å². The maximum Gasteiger partial charge on any atom is 0.334 e. The highest BCUT2D eigenvalue weighted by Crippen LogP contribution is 1.92. The van der Waals surface area contributed by atoms with E-state index in [1.165, 1.54) is 7.11 Å².